The summed E-state index contributed by atoms with van der Waals surface area (Å²) in [6.45, 7) is 11.7. The average Bonchev–Trinajstić information content (AvgIpc) is 3.28. The van der Waals surface area contributed by atoms with Crippen molar-refractivity contribution in [1.82, 2.24) is 0 Å². The molecule has 2 aliphatic heterocycles. The zero-order valence-electron chi connectivity index (χ0n) is 29.9. The fourth-order valence-electron chi connectivity index (χ4n) is 6.08. The number of fused-ring (bicyclic) bond motifs is 2. The molecular formula is C34H40N2Na4O6PS+. The van der Waals surface area contributed by atoms with Gasteiger partial charge in [0.25, 0.3) is 0 Å². The van der Waals surface area contributed by atoms with Gasteiger partial charge in [-0.3, -0.25) is 0 Å². The monoisotopic (exact) mass is 727 g/mol. The molecule has 2 aromatic rings. The number of nitrogens with zero attached hydrogens (tertiary/aromatic N) is 2. The standard InChI is InChI=1S/C34H43N2O6PS.4Na/c1-6-7-22-35-29-17-14-13-16-27(29)33(2,3)31(35)18-11-9-8-10-12-19-32-34(4,5)28-25-26(44(40,41)42)20-21-30(28)36(32)23-15-24-43(37,38)39;;;;/h8-12,14,16-21,25H,6-7,15,22-24H2,1-5H3,(H2,37,38,39)(H,40,41,42);;;;/q;4*+1/p-3. The van der Waals surface area contributed by atoms with Gasteiger partial charge in [0.2, 0.25) is 0 Å². The number of hydrogen-bond acceptors (Lipinski definition) is 7. The van der Waals surface area contributed by atoms with E-state index >= 15 is 0 Å². The summed E-state index contributed by atoms with van der Waals surface area (Å²) >= 11 is 0. The number of rotatable bonds is 12. The van der Waals surface area contributed by atoms with E-state index < -0.39 is 29.3 Å². The minimum atomic E-state index is -4.67. The first kappa shape index (κ1) is 48.9. The Labute approximate surface area is 375 Å². The van der Waals surface area contributed by atoms with Crippen molar-refractivity contribution in [1.29, 1.82) is 0 Å². The Morgan fingerprint density at radius 3 is 2.19 bits per heavy atom. The Morgan fingerprint density at radius 1 is 0.917 bits per heavy atom. The first-order valence-electron chi connectivity index (χ1n) is 14.9. The first-order valence-corrected chi connectivity index (χ1v) is 18.0. The van der Waals surface area contributed by atoms with Crippen molar-refractivity contribution in [2.24, 2.45) is 0 Å². The van der Waals surface area contributed by atoms with Gasteiger partial charge >= 0.3 is 118 Å². The zero-order chi connectivity index (χ0) is 32.3. The Bertz CT molecular complexity index is 1730. The normalized spacial score (nSPS) is 17.2. The molecule has 2 aromatic carbocycles. The Balaban J connectivity index is 0.00000552. The van der Waals surface area contributed by atoms with Crippen LogP contribution in [-0.4, -0.2) is 42.5 Å². The molecule has 8 nitrogen and oxygen atoms in total. The summed E-state index contributed by atoms with van der Waals surface area (Å²) in [5.74, 6) is 0. The molecule has 0 bridgehead atoms. The van der Waals surface area contributed by atoms with Crippen molar-refractivity contribution in [3.8, 4) is 0 Å². The minimum Gasteiger partial charge on any atom is -0.811 e. The smallest absolute Gasteiger partial charge is 0.811 e. The number of hydrogen-bond donors (Lipinski definition) is 0. The van der Waals surface area contributed by atoms with Gasteiger partial charge in [0, 0.05) is 41.3 Å². The summed E-state index contributed by atoms with van der Waals surface area (Å²) in [5.41, 5.74) is 5.02. The van der Waals surface area contributed by atoms with Gasteiger partial charge in [0.1, 0.15) is 22.4 Å². The molecule has 0 aromatic heterocycles. The molecule has 2 heterocycles. The molecule has 0 spiro atoms. The van der Waals surface area contributed by atoms with E-state index in [9.17, 15) is 27.3 Å². The summed E-state index contributed by atoms with van der Waals surface area (Å²) in [5, 5.41) is 0. The fourth-order valence-corrected chi connectivity index (χ4v) is 7.10. The SMILES string of the molecule is CCCC[N+]1=C(/C=C/C=C/C=C/C=C2/N(CCCP(=O)([O-])[O-])c3ccc(S(=O)(=O)[O-])cc3C2(C)C)C(C)(C)c2c[c-]ccc21.[Na+].[Na+].[Na+].[Na+]. The van der Waals surface area contributed by atoms with Crippen LogP contribution in [0.15, 0.2) is 89.5 Å². The van der Waals surface area contributed by atoms with Crippen LogP contribution in [0.25, 0.3) is 0 Å². The summed E-state index contributed by atoms with van der Waals surface area (Å²) in [4.78, 5) is 24.1. The third kappa shape index (κ3) is 11.7. The summed E-state index contributed by atoms with van der Waals surface area (Å²) < 4.78 is 48.8. The third-order valence-electron chi connectivity index (χ3n) is 8.39. The quantitative estimate of drug-likeness (QED) is 0.0532. The fraction of sp³-hybridized carbons (Fsp3) is 0.382. The van der Waals surface area contributed by atoms with Gasteiger partial charge in [-0.05, 0) is 42.4 Å². The van der Waals surface area contributed by atoms with E-state index in [1.54, 1.807) is 6.07 Å². The molecule has 2 aliphatic rings. The van der Waals surface area contributed by atoms with E-state index in [1.165, 1.54) is 29.1 Å². The van der Waals surface area contributed by atoms with Crippen LogP contribution in [0.2, 0.25) is 0 Å². The Morgan fingerprint density at radius 2 is 1.56 bits per heavy atom. The maximum atomic E-state index is 11.7. The molecule has 0 saturated heterocycles. The molecule has 0 N–H and O–H groups in total. The minimum absolute atomic E-state index is 0. The van der Waals surface area contributed by atoms with Gasteiger partial charge in [0.15, 0.2) is 5.71 Å². The van der Waals surface area contributed by atoms with Crippen LogP contribution < -0.4 is 133 Å². The van der Waals surface area contributed by atoms with Crippen LogP contribution >= 0.6 is 7.60 Å². The van der Waals surface area contributed by atoms with Gasteiger partial charge in [-0.15, -0.1) is 6.07 Å². The molecule has 0 unspecified atom stereocenters. The maximum absolute atomic E-state index is 11.7. The van der Waals surface area contributed by atoms with Crippen molar-refractivity contribution >= 4 is 34.8 Å². The molecule has 0 atom stereocenters. The van der Waals surface area contributed by atoms with Gasteiger partial charge in [-0.1, -0.05) is 84.6 Å². The van der Waals surface area contributed by atoms with E-state index in [-0.39, 0.29) is 142 Å². The third-order valence-corrected chi connectivity index (χ3v) is 10.1. The molecule has 0 radical (unpaired) electrons. The summed E-state index contributed by atoms with van der Waals surface area (Å²) in [7, 11) is -9.33. The van der Waals surface area contributed by atoms with Gasteiger partial charge in [-0.25, -0.2) is 13.0 Å². The summed E-state index contributed by atoms with van der Waals surface area (Å²) in [6.07, 6.45) is 15.5. The summed E-state index contributed by atoms with van der Waals surface area (Å²) in [6, 6.07) is 13.6. The second-order valence-corrected chi connectivity index (χ2v) is 15.3. The second-order valence-electron chi connectivity index (χ2n) is 12.2. The molecule has 0 amide bonds. The van der Waals surface area contributed by atoms with E-state index in [0.717, 1.165) is 25.1 Å². The molecule has 14 heteroatoms. The van der Waals surface area contributed by atoms with Crippen LogP contribution in [0.5, 0.6) is 0 Å². The predicted octanol–water partition coefficient (Wildman–Crippen LogP) is -6.76. The van der Waals surface area contributed by atoms with E-state index in [0.29, 0.717) is 11.3 Å². The number of unbranched alkanes of at least 4 members (excludes halogenated alkanes) is 1. The van der Waals surface area contributed by atoms with E-state index in [1.807, 2.05) is 61.3 Å². The first-order chi connectivity index (χ1) is 20.6. The van der Waals surface area contributed by atoms with Crippen molar-refractivity contribution in [2.75, 3.05) is 24.2 Å². The predicted molar refractivity (Wildman–Crippen MR) is 170 cm³/mol. The molecule has 48 heavy (non-hydrogen) atoms. The Hall–Kier alpha value is 0.930. The topological polar surface area (TPSA) is 127 Å². The average molecular weight is 728 g/mol. The molecular weight excluding hydrogens is 687 g/mol. The number of allylic oxidation sites excluding steroid dienone is 8. The second kappa shape index (κ2) is 20.4. The van der Waals surface area contributed by atoms with E-state index in [2.05, 4.69) is 49.6 Å². The molecule has 0 fully saturated rings. The largest absolute Gasteiger partial charge is 1.00 e. The van der Waals surface area contributed by atoms with Crippen LogP contribution in [0.3, 0.4) is 0 Å². The van der Waals surface area contributed by atoms with Crippen molar-refractivity contribution in [3.05, 3.63) is 102 Å². The van der Waals surface area contributed by atoms with Crippen LogP contribution in [-0.2, 0) is 25.5 Å². The van der Waals surface area contributed by atoms with E-state index in [4.69, 9.17) is 0 Å². The molecule has 236 valence electrons. The molecule has 0 aliphatic carbocycles. The van der Waals surface area contributed by atoms with Crippen LogP contribution in [0.4, 0.5) is 11.4 Å². The molecule has 4 rings (SSSR count). The number of benzene rings is 2. The van der Waals surface area contributed by atoms with Crippen molar-refractivity contribution < 1.29 is 150 Å². The van der Waals surface area contributed by atoms with Crippen LogP contribution in [0, 0.1) is 6.07 Å². The van der Waals surface area contributed by atoms with Gasteiger partial charge < -0.3 is 23.8 Å². The number of anilines is 1. The van der Waals surface area contributed by atoms with Gasteiger partial charge in [-0.2, -0.15) is 18.2 Å². The van der Waals surface area contributed by atoms with Crippen molar-refractivity contribution in [3.63, 3.8) is 0 Å². The molecule has 0 saturated carbocycles. The zero-order valence-corrected chi connectivity index (χ0v) is 39.7. The Kier molecular flexibility index (Phi) is 20.8. The van der Waals surface area contributed by atoms with Crippen molar-refractivity contribution in [2.45, 2.75) is 69.6 Å². The maximum Gasteiger partial charge on any atom is 1.00 e. The van der Waals surface area contributed by atoms with Gasteiger partial charge in [0.05, 0.1) is 4.90 Å². The van der Waals surface area contributed by atoms with Crippen LogP contribution in [0.1, 0.15) is 65.0 Å².